The summed E-state index contributed by atoms with van der Waals surface area (Å²) >= 11 is 6.33. The normalized spacial score (nSPS) is 22.4. The smallest absolute Gasteiger partial charge is 0.317 e. The van der Waals surface area contributed by atoms with E-state index < -0.39 is 23.1 Å². The Kier molecular flexibility index (Phi) is 5.32. The Hall–Kier alpha value is -2.08. The quantitative estimate of drug-likeness (QED) is 0.561. The largest absolute Gasteiger partial charge is 0.356 e. The summed E-state index contributed by atoms with van der Waals surface area (Å²) in [6.45, 7) is 6.33. The molecule has 2 aliphatic heterocycles. The molecule has 1 saturated heterocycles. The van der Waals surface area contributed by atoms with E-state index in [4.69, 9.17) is 11.6 Å². The zero-order chi connectivity index (χ0) is 20.6. The number of hydrogen-bond donors (Lipinski definition) is 1. The van der Waals surface area contributed by atoms with Crippen LogP contribution in [0.25, 0.3) is 0 Å². The molecule has 0 bridgehead atoms. The van der Waals surface area contributed by atoms with Gasteiger partial charge in [0.05, 0.1) is 12.0 Å². The Labute approximate surface area is 174 Å². The third kappa shape index (κ3) is 3.21. The number of quaternary nitrogens is 1. The highest BCUT2D eigenvalue weighted by atomic mass is 35.5. The molecule has 1 N–H and O–H groups in total. The molecule has 1 amide bonds. The molecule has 0 aliphatic carbocycles. The van der Waals surface area contributed by atoms with Gasteiger partial charge >= 0.3 is 5.91 Å². The number of carbonyl (C=O) groups is 1. The lowest BCUT2D eigenvalue weighted by molar-refractivity contribution is 0.0733. The zero-order valence-electron chi connectivity index (χ0n) is 16.2. The summed E-state index contributed by atoms with van der Waals surface area (Å²) in [5, 5.41) is 3.98. The van der Waals surface area contributed by atoms with Gasteiger partial charge in [-0.2, -0.15) is 0 Å². The Bertz CT molecular complexity index is 951. The molecule has 1 spiro atoms. The van der Waals surface area contributed by atoms with Gasteiger partial charge in [0.15, 0.2) is 5.56 Å². The lowest BCUT2D eigenvalue weighted by Crippen LogP contribution is -2.58. The molecule has 0 saturated carbocycles. The molecule has 3 nitrogen and oxygen atoms in total. The van der Waals surface area contributed by atoms with Crippen LogP contribution in [0.3, 0.4) is 0 Å². The molecule has 2 aromatic carbocycles. The third-order valence-corrected chi connectivity index (χ3v) is 6.64. The van der Waals surface area contributed by atoms with Crippen molar-refractivity contribution in [2.45, 2.75) is 24.7 Å². The Balaban J connectivity index is 1.93. The maximum absolute atomic E-state index is 14.6. The second-order valence-electron chi connectivity index (χ2n) is 8.02. The van der Waals surface area contributed by atoms with Crippen LogP contribution in [0.5, 0.6) is 0 Å². The second-order valence-corrected chi connectivity index (χ2v) is 8.46. The van der Waals surface area contributed by atoms with Gasteiger partial charge in [0.25, 0.3) is 0 Å². The Morgan fingerprint density at radius 1 is 1.21 bits per heavy atom. The van der Waals surface area contributed by atoms with Gasteiger partial charge < -0.3 is 5.32 Å². The molecule has 0 aromatic heterocycles. The van der Waals surface area contributed by atoms with Gasteiger partial charge in [-0.05, 0) is 50.2 Å². The van der Waals surface area contributed by atoms with Gasteiger partial charge in [-0.15, -0.1) is 6.58 Å². The first-order valence-corrected chi connectivity index (χ1v) is 10.3. The van der Waals surface area contributed by atoms with E-state index >= 15 is 0 Å². The SMILES string of the molecule is C=CCC[N+]1(C(=O)c2c(F)cccc2F)CC2(CCNCC2)c2cc(Cl)ccc21. The van der Waals surface area contributed by atoms with E-state index in [1.165, 1.54) is 6.07 Å². The van der Waals surface area contributed by atoms with Crippen LogP contribution in [0.1, 0.15) is 35.2 Å². The van der Waals surface area contributed by atoms with Gasteiger partial charge in [0.2, 0.25) is 0 Å². The van der Waals surface area contributed by atoms with E-state index in [1.807, 2.05) is 12.1 Å². The molecule has 1 atom stereocenters. The predicted molar refractivity (Wildman–Crippen MR) is 112 cm³/mol. The van der Waals surface area contributed by atoms with E-state index in [9.17, 15) is 13.6 Å². The minimum atomic E-state index is -0.826. The minimum absolute atomic E-state index is 0.115. The molecule has 1 unspecified atom stereocenters. The van der Waals surface area contributed by atoms with E-state index in [1.54, 1.807) is 12.1 Å². The standard InChI is InChI=1S/C23H24ClF2N2O/c1-2-3-13-28(22(29)21-18(25)5-4-6-19(21)26)15-23(9-11-27-12-10-23)17-14-16(24)7-8-20(17)28/h2,4-8,14,27H,1,3,9-13,15H2/q+1. The first kappa shape index (κ1) is 20.2. The summed E-state index contributed by atoms with van der Waals surface area (Å²) in [5.74, 6) is -2.19. The maximum Gasteiger partial charge on any atom is 0.356 e. The van der Waals surface area contributed by atoms with Crippen LogP contribution in [0.4, 0.5) is 14.5 Å². The molecule has 29 heavy (non-hydrogen) atoms. The topological polar surface area (TPSA) is 29.1 Å². The van der Waals surface area contributed by atoms with Gasteiger partial charge in [0, 0.05) is 23.1 Å². The zero-order valence-corrected chi connectivity index (χ0v) is 16.9. The summed E-state index contributed by atoms with van der Waals surface area (Å²) in [4.78, 5) is 13.8. The molecule has 2 aliphatic rings. The maximum atomic E-state index is 14.6. The van der Waals surface area contributed by atoms with Crippen molar-refractivity contribution >= 4 is 23.2 Å². The number of fused-ring (bicyclic) bond motifs is 2. The fraction of sp³-hybridized carbons (Fsp3) is 0.348. The second kappa shape index (κ2) is 7.63. The van der Waals surface area contributed by atoms with Crippen molar-refractivity contribution in [3.05, 3.63) is 76.8 Å². The summed E-state index contributed by atoms with van der Waals surface area (Å²) in [7, 11) is 0. The Morgan fingerprint density at radius 3 is 2.55 bits per heavy atom. The van der Waals surface area contributed by atoms with Crippen molar-refractivity contribution in [2.24, 2.45) is 0 Å². The average molecular weight is 418 g/mol. The predicted octanol–water partition coefficient (Wildman–Crippen LogP) is 4.98. The number of nitrogens with one attached hydrogen (secondary N) is 1. The molecule has 0 radical (unpaired) electrons. The van der Waals surface area contributed by atoms with Crippen LogP contribution >= 0.6 is 11.6 Å². The van der Waals surface area contributed by atoms with Gasteiger partial charge in [-0.3, -0.25) is 0 Å². The van der Waals surface area contributed by atoms with Gasteiger partial charge in [0.1, 0.15) is 23.9 Å². The molecule has 152 valence electrons. The van der Waals surface area contributed by atoms with E-state index in [2.05, 4.69) is 11.9 Å². The first-order chi connectivity index (χ1) is 13.9. The van der Waals surface area contributed by atoms with Crippen molar-refractivity contribution < 1.29 is 13.6 Å². The van der Waals surface area contributed by atoms with Crippen LogP contribution in [-0.2, 0) is 5.41 Å². The number of benzene rings is 2. The summed E-state index contributed by atoms with van der Waals surface area (Å²) in [5.41, 5.74) is 1.11. The van der Waals surface area contributed by atoms with E-state index in [0.29, 0.717) is 24.5 Å². The summed E-state index contributed by atoms with van der Waals surface area (Å²) in [6, 6.07) is 9.10. The fourth-order valence-electron chi connectivity index (χ4n) is 5.04. The number of piperidine rings is 1. The van der Waals surface area contributed by atoms with Crippen molar-refractivity contribution in [2.75, 3.05) is 26.2 Å². The first-order valence-electron chi connectivity index (χ1n) is 9.92. The lowest BCUT2D eigenvalue weighted by atomic mass is 9.75. The average Bonchev–Trinajstić information content (AvgIpc) is 2.96. The van der Waals surface area contributed by atoms with Crippen LogP contribution in [0, 0.1) is 11.6 Å². The molecular weight excluding hydrogens is 394 g/mol. The monoisotopic (exact) mass is 417 g/mol. The lowest BCUT2D eigenvalue weighted by Gasteiger charge is -2.37. The summed E-state index contributed by atoms with van der Waals surface area (Å²) < 4.78 is 29.1. The van der Waals surface area contributed by atoms with Crippen molar-refractivity contribution in [3.63, 3.8) is 0 Å². The van der Waals surface area contributed by atoms with Crippen LogP contribution < -0.4 is 9.80 Å². The Morgan fingerprint density at radius 2 is 1.90 bits per heavy atom. The number of nitrogens with zero attached hydrogens (tertiary/aromatic N) is 1. The van der Waals surface area contributed by atoms with Gasteiger partial charge in [-0.25, -0.2) is 18.1 Å². The number of halogens is 3. The van der Waals surface area contributed by atoms with Crippen molar-refractivity contribution in [1.82, 2.24) is 9.80 Å². The van der Waals surface area contributed by atoms with Crippen molar-refractivity contribution in [3.8, 4) is 0 Å². The number of rotatable bonds is 4. The van der Waals surface area contributed by atoms with Crippen LogP contribution in [0.2, 0.25) is 5.02 Å². The number of amides is 1. The third-order valence-electron chi connectivity index (χ3n) is 6.40. The molecule has 2 aromatic rings. The fourth-order valence-corrected chi connectivity index (χ4v) is 5.21. The highest BCUT2D eigenvalue weighted by molar-refractivity contribution is 6.30. The highest BCUT2D eigenvalue weighted by Crippen LogP contribution is 2.51. The van der Waals surface area contributed by atoms with Crippen molar-refractivity contribution in [1.29, 1.82) is 0 Å². The highest BCUT2D eigenvalue weighted by Gasteiger charge is 2.57. The van der Waals surface area contributed by atoms with Crippen LogP contribution in [-0.4, -0.2) is 32.1 Å². The summed E-state index contributed by atoms with van der Waals surface area (Å²) in [6.07, 6.45) is 4.00. The van der Waals surface area contributed by atoms with E-state index in [-0.39, 0.29) is 9.90 Å². The van der Waals surface area contributed by atoms with Crippen LogP contribution in [0.15, 0.2) is 49.1 Å². The molecule has 1 fully saturated rings. The molecular formula is C23H24ClF2N2O+. The number of carbonyl (C=O) groups excluding carboxylic acids is 1. The minimum Gasteiger partial charge on any atom is -0.317 e. The number of hydrogen-bond acceptors (Lipinski definition) is 2. The molecule has 4 rings (SSSR count). The molecule has 6 heteroatoms. The van der Waals surface area contributed by atoms with E-state index in [0.717, 1.165) is 49.3 Å². The molecule has 2 heterocycles. The van der Waals surface area contributed by atoms with Gasteiger partial charge in [-0.1, -0.05) is 23.7 Å².